The lowest BCUT2D eigenvalue weighted by molar-refractivity contribution is -0.150. The number of carbonyl (C=O) groups excluding carboxylic acids is 1. The summed E-state index contributed by atoms with van der Waals surface area (Å²) in [5.41, 5.74) is 0. The summed E-state index contributed by atoms with van der Waals surface area (Å²) in [4.78, 5) is 22.4. The van der Waals surface area contributed by atoms with E-state index in [9.17, 15) is 9.59 Å². The quantitative estimate of drug-likeness (QED) is 0.672. The molecule has 0 aliphatic heterocycles. The molecule has 0 saturated heterocycles. The van der Waals surface area contributed by atoms with Crippen LogP contribution in [-0.4, -0.2) is 23.7 Å². The molecule has 5 nitrogen and oxygen atoms in total. The zero-order valence-corrected chi connectivity index (χ0v) is 11.2. The Kier molecular flexibility index (Phi) is 7.77. The van der Waals surface area contributed by atoms with Crippen molar-refractivity contribution in [1.82, 2.24) is 0 Å². The van der Waals surface area contributed by atoms with E-state index in [4.69, 9.17) is 15.1 Å². The van der Waals surface area contributed by atoms with Crippen molar-refractivity contribution in [2.75, 3.05) is 6.61 Å². The average molecular weight is 255 g/mol. The molecule has 0 aliphatic carbocycles. The van der Waals surface area contributed by atoms with Crippen molar-refractivity contribution in [2.24, 2.45) is 17.8 Å². The number of nitriles is 1. The molecule has 0 aliphatic rings. The lowest BCUT2D eigenvalue weighted by Crippen LogP contribution is -2.27. The number of carboxylic acid groups (broad SMARTS) is 1. The molecular formula is C13H21NO4. The van der Waals surface area contributed by atoms with Crippen LogP contribution < -0.4 is 0 Å². The number of aliphatic carboxylic acids is 1. The summed E-state index contributed by atoms with van der Waals surface area (Å²) < 4.78 is 4.92. The summed E-state index contributed by atoms with van der Waals surface area (Å²) in [5.74, 6) is -2.29. The van der Waals surface area contributed by atoms with Gasteiger partial charge in [0.2, 0.25) is 0 Å². The van der Waals surface area contributed by atoms with Crippen LogP contribution in [0, 0.1) is 29.1 Å². The maximum atomic E-state index is 11.8. The molecule has 2 atom stereocenters. The fourth-order valence-electron chi connectivity index (χ4n) is 1.83. The highest BCUT2D eigenvalue weighted by atomic mass is 16.5. The summed E-state index contributed by atoms with van der Waals surface area (Å²) >= 11 is 0. The molecule has 18 heavy (non-hydrogen) atoms. The monoisotopic (exact) mass is 255 g/mol. The first kappa shape index (κ1) is 16.4. The van der Waals surface area contributed by atoms with Gasteiger partial charge in [-0.05, 0) is 25.7 Å². The van der Waals surface area contributed by atoms with Crippen LogP contribution in [0.25, 0.3) is 0 Å². The van der Waals surface area contributed by atoms with E-state index in [1.54, 1.807) is 6.92 Å². The number of carboxylic acids is 1. The van der Waals surface area contributed by atoms with Gasteiger partial charge in [0.25, 0.3) is 0 Å². The van der Waals surface area contributed by atoms with E-state index < -0.39 is 23.8 Å². The third-order valence-electron chi connectivity index (χ3n) is 2.64. The molecule has 0 aromatic rings. The van der Waals surface area contributed by atoms with Crippen LogP contribution in [0.4, 0.5) is 0 Å². The highest BCUT2D eigenvalue weighted by molar-refractivity contribution is 5.74. The molecule has 0 rings (SSSR count). The Hall–Kier alpha value is -1.57. The van der Waals surface area contributed by atoms with E-state index in [0.717, 1.165) is 0 Å². The van der Waals surface area contributed by atoms with Crippen molar-refractivity contribution in [3.05, 3.63) is 0 Å². The van der Waals surface area contributed by atoms with E-state index in [1.165, 1.54) is 0 Å². The molecule has 0 spiro atoms. The maximum absolute atomic E-state index is 11.8. The first-order valence-electron chi connectivity index (χ1n) is 6.20. The zero-order valence-electron chi connectivity index (χ0n) is 11.2. The Morgan fingerprint density at radius 2 is 2.00 bits per heavy atom. The average Bonchev–Trinajstić information content (AvgIpc) is 2.27. The largest absolute Gasteiger partial charge is 0.481 e. The number of esters is 1. The molecule has 0 bridgehead atoms. The van der Waals surface area contributed by atoms with Crippen LogP contribution in [-0.2, 0) is 14.3 Å². The maximum Gasteiger partial charge on any atom is 0.310 e. The van der Waals surface area contributed by atoms with Gasteiger partial charge in [0, 0.05) is 6.42 Å². The minimum Gasteiger partial charge on any atom is -0.481 e. The van der Waals surface area contributed by atoms with Crippen LogP contribution in [0.2, 0.25) is 0 Å². The van der Waals surface area contributed by atoms with Crippen molar-refractivity contribution in [1.29, 1.82) is 5.26 Å². The summed E-state index contributed by atoms with van der Waals surface area (Å²) in [6.07, 6.45) is 0.596. The molecule has 102 valence electrons. The van der Waals surface area contributed by atoms with Gasteiger partial charge in [-0.25, -0.2) is 0 Å². The van der Waals surface area contributed by atoms with E-state index in [2.05, 4.69) is 6.07 Å². The summed E-state index contributed by atoms with van der Waals surface area (Å²) in [5, 5.41) is 17.8. The number of hydrogen-bond donors (Lipinski definition) is 1. The minimum atomic E-state index is -0.967. The summed E-state index contributed by atoms with van der Waals surface area (Å²) in [6.45, 7) is 5.85. The second-order valence-electron chi connectivity index (χ2n) is 4.66. The zero-order chi connectivity index (χ0) is 14.1. The Bertz CT molecular complexity index is 319. The highest BCUT2D eigenvalue weighted by Crippen LogP contribution is 2.25. The topological polar surface area (TPSA) is 87.4 Å². The van der Waals surface area contributed by atoms with Crippen molar-refractivity contribution in [2.45, 2.75) is 40.0 Å². The van der Waals surface area contributed by atoms with Gasteiger partial charge < -0.3 is 9.84 Å². The Balaban J connectivity index is 4.75. The molecule has 0 heterocycles. The highest BCUT2D eigenvalue weighted by Gasteiger charge is 2.30. The van der Waals surface area contributed by atoms with Gasteiger partial charge in [-0.3, -0.25) is 9.59 Å². The van der Waals surface area contributed by atoms with Crippen molar-refractivity contribution in [3.8, 4) is 6.07 Å². The fraction of sp³-hybridized carbons (Fsp3) is 0.769. The molecule has 1 N–H and O–H groups in total. The first-order valence-corrected chi connectivity index (χ1v) is 6.20. The second-order valence-corrected chi connectivity index (χ2v) is 4.66. The number of carbonyl (C=O) groups is 2. The van der Waals surface area contributed by atoms with Crippen LogP contribution >= 0.6 is 0 Å². The summed E-state index contributed by atoms with van der Waals surface area (Å²) in [6, 6.07) is 2.10. The Labute approximate surface area is 108 Å². The smallest absolute Gasteiger partial charge is 0.310 e. The summed E-state index contributed by atoms with van der Waals surface area (Å²) in [7, 11) is 0. The molecule has 1 unspecified atom stereocenters. The lowest BCUT2D eigenvalue weighted by Gasteiger charge is -2.21. The van der Waals surface area contributed by atoms with Crippen molar-refractivity contribution >= 4 is 11.9 Å². The number of nitrogens with zero attached hydrogens (tertiary/aromatic N) is 1. The third-order valence-corrected chi connectivity index (χ3v) is 2.64. The lowest BCUT2D eigenvalue weighted by atomic mass is 9.83. The van der Waals surface area contributed by atoms with Gasteiger partial charge in [-0.15, -0.1) is 0 Å². The van der Waals surface area contributed by atoms with Crippen LogP contribution in [0.15, 0.2) is 0 Å². The van der Waals surface area contributed by atoms with Gasteiger partial charge in [-0.2, -0.15) is 5.26 Å². The van der Waals surface area contributed by atoms with E-state index in [-0.39, 0.29) is 25.4 Å². The van der Waals surface area contributed by atoms with Crippen molar-refractivity contribution in [3.63, 3.8) is 0 Å². The van der Waals surface area contributed by atoms with Gasteiger partial charge in [0.15, 0.2) is 0 Å². The van der Waals surface area contributed by atoms with Gasteiger partial charge in [0.1, 0.15) is 0 Å². The SMILES string of the molecule is CCOC(=O)[C@H](CCC(=O)O)C(C#N)CC(C)C. The van der Waals surface area contributed by atoms with Gasteiger partial charge >= 0.3 is 11.9 Å². The Morgan fingerprint density at radius 3 is 2.39 bits per heavy atom. The molecule has 0 radical (unpaired) electrons. The predicted octanol–water partition coefficient (Wildman–Crippen LogP) is 2.22. The molecule has 0 saturated carbocycles. The van der Waals surface area contributed by atoms with Gasteiger partial charge in [-0.1, -0.05) is 13.8 Å². The normalized spacial score (nSPS) is 13.7. The minimum absolute atomic E-state index is 0.125. The van der Waals surface area contributed by atoms with Crippen LogP contribution in [0.5, 0.6) is 0 Å². The first-order chi connectivity index (χ1) is 8.42. The molecule has 0 fully saturated rings. The van der Waals surface area contributed by atoms with Crippen LogP contribution in [0.3, 0.4) is 0 Å². The second kappa shape index (κ2) is 8.51. The van der Waals surface area contributed by atoms with E-state index >= 15 is 0 Å². The standard InChI is InChI=1S/C13H21NO4/c1-4-18-13(17)11(5-6-12(15)16)10(8-14)7-9(2)3/h9-11H,4-7H2,1-3H3,(H,15,16)/t10?,11-/m1/s1. The number of hydrogen-bond acceptors (Lipinski definition) is 4. The van der Waals surface area contributed by atoms with Crippen molar-refractivity contribution < 1.29 is 19.4 Å². The van der Waals surface area contributed by atoms with E-state index in [0.29, 0.717) is 6.42 Å². The van der Waals surface area contributed by atoms with E-state index in [1.807, 2.05) is 13.8 Å². The molecule has 0 aromatic heterocycles. The van der Waals surface area contributed by atoms with Gasteiger partial charge in [0.05, 0.1) is 24.5 Å². The molecule has 0 amide bonds. The van der Waals surface area contributed by atoms with Crippen LogP contribution in [0.1, 0.15) is 40.0 Å². The molecular weight excluding hydrogens is 234 g/mol. The Morgan fingerprint density at radius 1 is 1.39 bits per heavy atom. The molecule has 0 aromatic carbocycles. The fourth-order valence-corrected chi connectivity index (χ4v) is 1.83. The number of rotatable bonds is 8. The number of ether oxygens (including phenoxy) is 1. The predicted molar refractivity (Wildman–Crippen MR) is 65.6 cm³/mol. The third kappa shape index (κ3) is 6.24. The molecule has 5 heteroatoms.